The van der Waals surface area contributed by atoms with Crippen LogP contribution in [0.1, 0.15) is 40.5 Å². The molecule has 0 saturated carbocycles. The van der Waals surface area contributed by atoms with Gasteiger partial charge in [0.15, 0.2) is 0 Å². The smallest absolute Gasteiger partial charge is 0.240 e. The molecule has 4 nitrogen and oxygen atoms in total. The first-order chi connectivity index (χ1) is 7.99. The van der Waals surface area contributed by atoms with Gasteiger partial charge in [0.1, 0.15) is 0 Å². The largest absolute Gasteiger partial charge is 0.383 e. The average molecular weight is 244 g/mol. The van der Waals surface area contributed by atoms with Crippen LogP contribution in [0.25, 0.3) is 0 Å². The number of rotatable bonds is 8. The maximum absolute atomic E-state index is 12.3. The summed E-state index contributed by atoms with van der Waals surface area (Å²) in [6.07, 6.45) is 1.86. The van der Waals surface area contributed by atoms with Gasteiger partial charge in [0.25, 0.3) is 0 Å². The van der Waals surface area contributed by atoms with Crippen molar-refractivity contribution in [1.29, 1.82) is 0 Å². The summed E-state index contributed by atoms with van der Waals surface area (Å²) in [5, 5.41) is 0. The number of hydrogen-bond donors (Lipinski definition) is 1. The molecule has 0 rings (SSSR count). The van der Waals surface area contributed by atoms with Crippen LogP contribution >= 0.6 is 0 Å². The highest BCUT2D eigenvalue weighted by atomic mass is 16.5. The Hall–Kier alpha value is -0.610. The molecular formula is C13H28N2O2. The van der Waals surface area contributed by atoms with Gasteiger partial charge in [-0.1, -0.05) is 27.2 Å². The summed E-state index contributed by atoms with van der Waals surface area (Å²) in [4.78, 5) is 14.1. The van der Waals surface area contributed by atoms with E-state index in [1.54, 1.807) is 7.11 Å². The van der Waals surface area contributed by atoms with Gasteiger partial charge in [0.2, 0.25) is 5.91 Å². The van der Waals surface area contributed by atoms with Crippen LogP contribution < -0.4 is 5.73 Å². The number of carbonyl (C=O) groups is 1. The molecule has 0 fully saturated rings. The van der Waals surface area contributed by atoms with E-state index in [1.165, 1.54) is 0 Å². The molecule has 4 heteroatoms. The van der Waals surface area contributed by atoms with E-state index in [9.17, 15) is 4.79 Å². The van der Waals surface area contributed by atoms with Crippen molar-refractivity contribution < 1.29 is 9.53 Å². The molecule has 2 N–H and O–H groups in total. The van der Waals surface area contributed by atoms with E-state index < -0.39 is 6.04 Å². The number of ether oxygens (including phenoxy) is 1. The Labute approximate surface area is 105 Å². The van der Waals surface area contributed by atoms with Gasteiger partial charge >= 0.3 is 0 Å². The average Bonchev–Trinajstić information content (AvgIpc) is 2.36. The summed E-state index contributed by atoms with van der Waals surface area (Å²) in [7, 11) is 1.65. The molecule has 3 atom stereocenters. The lowest BCUT2D eigenvalue weighted by Crippen LogP contribution is -2.51. The van der Waals surface area contributed by atoms with E-state index >= 15 is 0 Å². The zero-order chi connectivity index (χ0) is 13.4. The molecule has 0 bridgehead atoms. The molecule has 0 aliphatic carbocycles. The van der Waals surface area contributed by atoms with Crippen molar-refractivity contribution in [3.05, 3.63) is 0 Å². The minimum atomic E-state index is -0.397. The molecule has 17 heavy (non-hydrogen) atoms. The van der Waals surface area contributed by atoms with Gasteiger partial charge in [-0.2, -0.15) is 0 Å². The lowest BCUT2D eigenvalue weighted by Gasteiger charge is -2.32. The van der Waals surface area contributed by atoms with Gasteiger partial charge in [-0.3, -0.25) is 4.79 Å². The molecule has 0 aliphatic rings. The van der Waals surface area contributed by atoms with E-state index in [0.717, 1.165) is 12.8 Å². The standard InChI is InChI=1S/C13H28N2O2/c1-6-10(3)12(14)13(16)15(8-9-17-5)11(4)7-2/h10-12H,6-9,14H2,1-5H3/t10-,11?,12-/m0/s1. The fourth-order valence-corrected chi connectivity index (χ4v) is 1.65. The molecule has 1 unspecified atom stereocenters. The maximum atomic E-state index is 12.3. The van der Waals surface area contributed by atoms with Crippen LogP contribution in [0, 0.1) is 5.92 Å². The Balaban J connectivity index is 4.61. The lowest BCUT2D eigenvalue weighted by molar-refractivity contribution is -0.136. The highest BCUT2D eigenvalue weighted by Gasteiger charge is 2.27. The summed E-state index contributed by atoms with van der Waals surface area (Å²) >= 11 is 0. The molecule has 0 aromatic carbocycles. The number of hydrogen-bond acceptors (Lipinski definition) is 3. The summed E-state index contributed by atoms with van der Waals surface area (Å²) < 4.78 is 5.05. The zero-order valence-corrected chi connectivity index (χ0v) is 11.9. The molecule has 0 aromatic heterocycles. The molecule has 0 aromatic rings. The van der Waals surface area contributed by atoms with Gasteiger partial charge in [-0.15, -0.1) is 0 Å². The third kappa shape index (κ3) is 5.04. The molecule has 0 spiro atoms. The summed E-state index contributed by atoms with van der Waals surface area (Å²) in [5.74, 6) is 0.266. The first kappa shape index (κ1) is 16.4. The Morgan fingerprint density at radius 2 is 1.88 bits per heavy atom. The third-order valence-corrected chi connectivity index (χ3v) is 3.48. The molecule has 0 aliphatic heterocycles. The van der Waals surface area contributed by atoms with E-state index in [2.05, 4.69) is 20.8 Å². The molecule has 102 valence electrons. The van der Waals surface area contributed by atoms with Crippen LogP contribution in [0.4, 0.5) is 0 Å². The second-order valence-electron chi connectivity index (χ2n) is 4.69. The minimum Gasteiger partial charge on any atom is -0.383 e. The Kier molecular flexibility index (Phi) is 8.17. The number of carbonyl (C=O) groups excluding carboxylic acids is 1. The molecule has 0 saturated heterocycles. The van der Waals surface area contributed by atoms with Crippen molar-refractivity contribution in [2.75, 3.05) is 20.3 Å². The van der Waals surface area contributed by atoms with Gasteiger partial charge in [0.05, 0.1) is 12.6 Å². The topological polar surface area (TPSA) is 55.6 Å². The molecular weight excluding hydrogens is 216 g/mol. The molecule has 1 amide bonds. The van der Waals surface area contributed by atoms with Crippen LogP contribution in [0.3, 0.4) is 0 Å². The Bertz CT molecular complexity index is 221. The first-order valence-corrected chi connectivity index (χ1v) is 6.54. The normalized spacial score (nSPS) is 16.4. The number of nitrogens with two attached hydrogens (primary N) is 1. The lowest BCUT2D eigenvalue weighted by atomic mass is 9.98. The van der Waals surface area contributed by atoms with Gasteiger partial charge < -0.3 is 15.4 Å². The van der Waals surface area contributed by atoms with Crippen molar-refractivity contribution >= 4 is 5.91 Å². The first-order valence-electron chi connectivity index (χ1n) is 6.54. The quantitative estimate of drug-likeness (QED) is 0.706. The SMILES string of the molecule is CCC(C)N(CCOC)C(=O)[C@@H](N)[C@@H](C)CC. The number of methoxy groups -OCH3 is 1. The van der Waals surface area contributed by atoms with Crippen LogP contribution in [-0.4, -0.2) is 43.2 Å². The van der Waals surface area contributed by atoms with Crippen molar-refractivity contribution in [2.24, 2.45) is 11.7 Å². The Morgan fingerprint density at radius 1 is 1.29 bits per heavy atom. The fraction of sp³-hybridized carbons (Fsp3) is 0.923. The van der Waals surface area contributed by atoms with Crippen molar-refractivity contribution in [2.45, 2.75) is 52.6 Å². The summed E-state index contributed by atoms with van der Waals surface area (Å²) in [6, 6.07) is -0.182. The van der Waals surface area contributed by atoms with Gasteiger partial charge in [-0.05, 0) is 19.3 Å². The number of nitrogens with zero attached hydrogens (tertiary/aromatic N) is 1. The van der Waals surface area contributed by atoms with Crippen LogP contribution in [0.5, 0.6) is 0 Å². The van der Waals surface area contributed by atoms with Gasteiger partial charge in [0, 0.05) is 19.7 Å². The van der Waals surface area contributed by atoms with Crippen LogP contribution in [0.2, 0.25) is 0 Å². The maximum Gasteiger partial charge on any atom is 0.240 e. The van der Waals surface area contributed by atoms with Crippen LogP contribution in [-0.2, 0) is 9.53 Å². The van der Waals surface area contributed by atoms with E-state index in [4.69, 9.17) is 10.5 Å². The predicted octanol–water partition coefficient (Wildman–Crippen LogP) is 1.63. The van der Waals surface area contributed by atoms with Gasteiger partial charge in [-0.25, -0.2) is 0 Å². The fourth-order valence-electron chi connectivity index (χ4n) is 1.65. The van der Waals surface area contributed by atoms with E-state index in [0.29, 0.717) is 13.2 Å². The second kappa shape index (κ2) is 8.48. The van der Waals surface area contributed by atoms with Crippen molar-refractivity contribution in [3.63, 3.8) is 0 Å². The van der Waals surface area contributed by atoms with E-state index in [-0.39, 0.29) is 17.9 Å². The van der Waals surface area contributed by atoms with E-state index in [1.807, 2.05) is 11.8 Å². The third-order valence-electron chi connectivity index (χ3n) is 3.48. The van der Waals surface area contributed by atoms with Crippen molar-refractivity contribution in [3.8, 4) is 0 Å². The zero-order valence-electron chi connectivity index (χ0n) is 11.9. The second-order valence-corrected chi connectivity index (χ2v) is 4.69. The number of amides is 1. The molecule has 0 radical (unpaired) electrons. The summed E-state index contributed by atoms with van der Waals surface area (Å²) in [5.41, 5.74) is 6.00. The highest BCUT2D eigenvalue weighted by Crippen LogP contribution is 2.12. The Morgan fingerprint density at radius 3 is 2.29 bits per heavy atom. The molecule has 0 heterocycles. The van der Waals surface area contributed by atoms with Crippen LogP contribution in [0.15, 0.2) is 0 Å². The minimum absolute atomic E-state index is 0.0470. The predicted molar refractivity (Wildman–Crippen MR) is 70.8 cm³/mol. The van der Waals surface area contributed by atoms with Crippen molar-refractivity contribution in [1.82, 2.24) is 4.90 Å². The summed E-state index contributed by atoms with van der Waals surface area (Å²) in [6.45, 7) is 9.38. The monoisotopic (exact) mass is 244 g/mol. The highest BCUT2D eigenvalue weighted by molar-refractivity contribution is 5.82.